The molecular weight excluding hydrogens is 293 g/mol. The molecule has 0 aliphatic carbocycles. The molecule has 2 amide bonds. The smallest absolute Gasteiger partial charge is 0.271 e. The van der Waals surface area contributed by atoms with Crippen LogP contribution in [-0.4, -0.2) is 22.8 Å². The van der Waals surface area contributed by atoms with Crippen LogP contribution in [0.2, 0.25) is 0 Å². The summed E-state index contributed by atoms with van der Waals surface area (Å²) in [4.78, 5) is 27.7. The summed E-state index contributed by atoms with van der Waals surface area (Å²) < 4.78 is 13.1. The van der Waals surface area contributed by atoms with Gasteiger partial charge in [-0.15, -0.1) is 11.3 Å². The van der Waals surface area contributed by atoms with E-state index in [-0.39, 0.29) is 28.3 Å². The van der Waals surface area contributed by atoms with Gasteiger partial charge in [0.05, 0.1) is 0 Å². The number of thiazole rings is 1. The average molecular weight is 307 g/mol. The lowest BCUT2D eigenvalue weighted by atomic mass is 10.2. The highest BCUT2D eigenvalue weighted by Gasteiger charge is 2.14. The molecule has 7 heteroatoms. The molecule has 0 fully saturated rings. The fourth-order valence-electron chi connectivity index (χ4n) is 1.57. The summed E-state index contributed by atoms with van der Waals surface area (Å²) >= 11 is 1.13. The highest BCUT2D eigenvalue weighted by molar-refractivity contribution is 7.14. The van der Waals surface area contributed by atoms with Crippen molar-refractivity contribution in [2.75, 3.05) is 5.32 Å². The fraction of sp³-hybridized carbons (Fsp3) is 0.214. The molecule has 2 N–H and O–H groups in total. The lowest BCUT2D eigenvalue weighted by molar-refractivity contribution is 0.0937. The first-order valence-electron chi connectivity index (χ1n) is 6.29. The van der Waals surface area contributed by atoms with Gasteiger partial charge in [0.25, 0.3) is 11.8 Å². The number of aromatic nitrogens is 1. The van der Waals surface area contributed by atoms with E-state index in [0.29, 0.717) is 0 Å². The number of hydrogen-bond donors (Lipinski definition) is 2. The monoisotopic (exact) mass is 307 g/mol. The van der Waals surface area contributed by atoms with Crippen molar-refractivity contribution < 1.29 is 14.0 Å². The van der Waals surface area contributed by atoms with Gasteiger partial charge in [0.1, 0.15) is 11.5 Å². The molecule has 2 rings (SSSR count). The lowest BCUT2D eigenvalue weighted by Crippen LogP contribution is -2.30. The molecule has 0 aliphatic rings. The summed E-state index contributed by atoms with van der Waals surface area (Å²) in [5.41, 5.74) is 0.432. The number of anilines is 1. The van der Waals surface area contributed by atoms with Gasteiger partial charge in [0.15, 0.2) is 5.13 Å². The second kappa shape index (κ2) is 6.45. The number of halogens is 1. The number of rotatable bonds is 4. The summed E-state index contributed by atoms with van der Waals surface area (Å²) in [6.45, 7) is 3.69. The summed E-state index contributed by atoms with van der Waals surface area (Å²) in [5.74, 6) is -1.26. The molecule has 21 heavy (non-hydrogen) atoms. The van der Waals surface area contributed by atoms with Gasteiger partial charge in [-0.3, -0.25) is 14.9 Å². The number of carbonyl (C=O) groups is 2. The van der Waals surface area contributed by atoms with Crippen LogP contribution in [0.25, 0.3) is 0 Å². The van der Waals surface area contributed by atoms with Crippen molar-refractivity contribution in [1.82, 2.24) is 10.3 Å². The third-order valence-electron chi connectivity index (χ3n) is 2.46. The first kappa shape index (κ1) is 15.1. The third kappa shape index (κ3) is 4.09. The van der Waals surface area contributed by atoms with Crippen LogP contribution in [0.3, 0.4) is 0 Å². The van der Waals surface area contributed by atoms with E-state index in [1.807, 2.05) is 13.8 Å². The molecule has 1 aromatic carbocycles. The van der Waals surface area contributed by atoms with E-state index in [1.165, 1.54) is 18.2 Å². The number of nitrogens with zero attached hydrogens (tertiary/aromatic N) is 1. The Kier molecular flexibility index (Phi) is 4.64. The van der Waals surface area contributed by atoms with E-state index in [0.717, 1.165) is 17.4 Å². The quantitative estimate of drug-likeness (QED) is 0.912. The van der Waals surface area contributed by atoms with Crippen LogP contribution < -0.4 is 10.6 Å². The molecule has 0 unspecified atom stereocenters. The van der Waals surface area contributed by atoms with Crippen LogP contribution in [0.4, 0.5) is 9.52 Å². The van der Waals surface area contributed by atoms with Crippen molar-refractivity contribution in [3.63, 3.8) is 0 Å². The standard InChI is InChI=1S/C14H14FN3O2S/c1-8(2)16-13(20)11-7-21-14(17-11)18-12(19)9-4-3-5-10(15)6-9/h3-8H,1-2H3,(H,16,20)(H,17,18,19). The number of carbonyl (C=O) groups excluding carboxylic acids is 2. The zero-order valence-electron chi connectivity index (χ0n) is 11.5. The summed E-state index contributed by atoms with van der Waals surface area (Å²) in [5, 5.41) is 7.09. The van der Waals surface area contributed by atoms with Crippen molar-refractivity contribution in [3.05, 3.63) is 46.7 Å². The highest BCUT2D eigenvalue weighted by Crippen LogP contribution is 2.17. The van der Waals surface area contributed by atoms with E-state index in [2.05, 4.69) is 15.6 Å². The van der Waals surface area contributed by atoms with E-state index < -0.39 is 11.7 Å². The lowest BCUT2D eigenvalue weighted by Gasteiger charge is -2.05. The molecule has 0 atom stereocenters. The Balaban J connectivity index is 2.05. The van der Waals surface area contributed by atoms with Crippen LogP contribution >= 0.6 is 11.3 Å². The predicted molar refractivity (Wildman–Crippen MR) is 79.1 cm³/mol. The number of benzene rings is 1. The number of hydrogen-bond acceptors (Lipinski definition) is 4. The largest absolute Gasteiger partial charge is 0.349 e. The third-order valence-corrected chi connectivity index (χ3v) is 3.22. The summed E-state index contributed by atoms with van der Waals surface area (Å²) in [6, 6.07) is 5.35. The maximum Gasteiger partial charge on any atom is 0.271 e. The second-order valence-corrected chi connectivity index (χ2v) is 5.49. The maximum atomic E-state index is 13.1. The molecular formula is C14H14FN3O2S. The topological polar surface area (TPSA) is 71.1 Å². The van der Waals surface area contributed by atoms with Crippen molar-refractivity contribution in [2.45, 2.75) is 19.9 Å². The summed E-state index contributed by atoms with van der Waals surface area (Å²) in [6.07, 6.45) is 0. The molecule has 0 aliphatic heterocycles. The molecule has 0 saturated heterocycles. The van der Waals surface area contributed by atoms with Gasteiger partial charge in [-0.25, -0.2) is 9.37 Å². The Labute approximate surface area is 125 Å². The van der Waals surface area contributed by atoms with Crippen LogP contribution in [0.5, 0.6) is 0 Å². The van der Waals surface area contributed by atoms with Crippen LogP contribution in [0, 0.1) is 5.82 Å². The average Bonchev–Trinajstić information content (AvgIpc) is 2.86. The fourth-order valence-corrected chi connectivity index (χ4v) is 2.26. The minimum atomic E-state index is -0.487. The minimum Gasteiger partial charge on any atom is -0.349 e. The Morgan fingerprint density at radius 2 is 2.05 bits per heavy atom. The SMILES string of the molecule is CC(C)NC(=O)c1csc(NC(=O)c2cccc(F)c2)n1. The van der Waals surface area contributed by atoms with Gasteiger partial charge in [-0.2, -0.15) is 0 Å². The Morgan fingerprint density at radius 1 is 1.29 bits per heavy atom. The van der Waals surface area contributed by atoms with Crippen LogP contribution in [0.1, 0.15) is 34.7 Å². The van der Waals surface area contributed by atoms with E-state index in [9.17, 15) is 14.0 Å². The van der Waals surface area contributed by atoms with Crippen molar-refractivity contribution in [1.29, 1.82) is 0 Å². The van der Waals surface area contributed by atoms with Crippen LogP contribution in [0.15, 0.2) is 29.6 Å². The van der Waals surface area contributed by atoms with Crippen molar-refractivity contribution >= 4 is 28.3 Å². The predicted octanol–water partition coefficient (Wildman–Crippen LogP) is 2.67. The van der Waals surface area contributed by atoms with E-state index in [1.54, 1.807) is 5.38 Å². The van der Waals surface area contributed by atoms with Gasteiger partial charge < -0.3 is 5.32 Å². The Morgan fingerprint density at radius 3 is 2.71 bits per heavy atom. The summed E-state index contributed by atoms with van der Waals surface area (Å²) in [7, 11) is 0. The molecule has 2 aromatic rings. The second-order valence-electron chi connectivity index (χ2n) is 4.63. The van der Waals surface area contributed by atoms with Gasteiger partial charge in [0, 0.05) is 17.0 Å². The first-order valence-corrected chi connectivity index (χ1v) is 7.17. The van der Waals surface area contributed by atoms with Crippen LogP contribution in [-0.2, 0) is 0 Å². The molecule has 1 heterocycles. The molecule has 5 nitrogen and oxygen atoms in total. The van der Waals surface area contributed by atoms with Gasteiger partial charge in [-0.05, 0) is 32.0 Å². The minimum absolute atomic E-state index is 0.00420. The molecule has 0 spiro atoms. The molecule has 1 aromatic heterocycles. The van der Waals surface area contributed by atoms with Gasteiger partial charge >= 0.3 is 0 Å². The number of amides is 2. The maximum absolute atomic E-state index is 13.1. The zero-order valence-corrected chi connectivity index (χ0v) is 12.3. The Bertz CT molecular complexity index is 670. The van der Waals surface area contributed by atoms with E-state index >= 15 is 0 Å². The molecule has 0 bridgehead atoms. The molecule has 110 valence electrons. The highest BCUT2D eigenvalue weighted by atomic mass is 32.1. The van der Waals surface area contributed by atoms with E-state index in [4.69, 9.17) is 0 Å². The first-order chi connectivity index (χ1) is 9.95. The Hall–Kier alpha value is -2.28. The van der Waals surface area contributed by atoms with Crippen molar-refractivity contribution in [3.8, 4) is 0 Å². The normalized spacial score (nSPS) is 10.5. The molecule has 0 radical (unpaired) electrons. The van der Waals surface area contributed by atoms with Gasteiger partial charge in [-0.1, -0.05) is 6.07 Å². The van der Waals surface area contributed by atoms with Crippen molar-refractivity contribution in [2.24, 2.45) is 0 Å². The molecule has 0 saturated carbocycles. The zero-order chi connectivity index (χ0) is 15.4. The number of nitrogens with one attached hydrogen (secondary N) is 2. The van der Waals surface area contributed by atoms with Gasteiger partial charge in [0.2, 0.25) is 0 Å².